The molecule has 4 aliphatic heterocycles. The second-order valence-electron chi connectivity index (χ2n) is 9.73. The van der Waals surface area contributed by atoms with E-state index in [9.17, 15) is 38.4 Å². The van der Waals surface area contributed by atoms with Gasteiger partial charge in [0.25, 0.3) is 0 Å². The topological polar surface area (TPSA) is 198 Å². The number of piperazine rings is 4. The zero-order chi connectivity index (χ0) is 28.0. The Bertz CT molecular complexity index is 889. The first-order valence-electron chi connectivity index (χ1n) is 12.1. The smallest absolute Gasteiger partial charge is 0.240 e. The van der Waals surface area contributed by atoms with Crippen molar-refractivity contribution in [2.45, 2.75) is 25.9 Å². The molecule has 4 aliphatic rings. The van der Waals surface area contributed by atoms with Crippen LogP contribution in [0, 0.1) is 0 Å². The summed E-state index contributed by atoms with van der Waals surface area (Å²) >= 11 is 0. The van der Waals surface area contributed by atoms with Gasteiger partial charge >= 0.3 is 0 Å². The summed E-state index contributed by atoms with van der Waals surface area (Å²) in [7, 11) is 0. The number of nitrogens with one attached hydrogen (secondary N) is 4. The Morgan fingerprint density at radius 2 is 0.658 bits per heavy atom. The van der Waals surface area contributed by atoms with Gasteiger partial charge < -0.3 is 0 Å². The highest BCUT2D eigenvalue weighted by atomic mass is 16.2. The van der Waals surface area contributed by atoms with E-state index < -0.39 is 0 Å². The molecule has 0 radical (unpaired) electrons. The van der Waals surface area contributed by atoms with Crippen molar-refractivity contribution in [2.75, 3.05) is 65.4 Å². The second-order valence-corrected chi connectivity index (χ2v) is 9.73. The molecule has 8 amide bonds. The molecule has 0 saturated carbocycles. The van der Waals surface area contributed by atoms with Crippen molar-refractivity contribution in [3.63, 3.8) is 0 Å². The summed E-state index contributed by atoms with van der Waals surface area (Å²) < 4.78 is 0. The zero-order valence-corrected chi connectivity index (χ0v) is 21.3. The summed E-state index contributed by atoms with van der Waals surface area (Å²) in [6.45, 7) is 5.89. The monoisotopic (exact) mass is 536 g/mol. The van der Waals surface area contributed by atoms with E-state index in [-0.39, 0.29) is 112 Å². The van der Waals surface area contributed by atoms with Crippen LogP contribution in [0.4, 0.5) is 0 Å². The largest absolute Gasteiger partial charge is 0.294 e. The Morgan fingerprint density at radius 1 is 0.447 bits per heavy atom. The first-order chi connectivity index (χ1) is 17.9. The Labute approximate surface area is 218 Å². The summed E-state index contributed by atoms with van der Waals surface area (Å²) in [4.78, 5) is 97.0. The zero-order valence-electron chi connectivity index (χ0n) is 21.3. The Morgan fingerprint density at radius 3 is 0.895 bits per heavy atom. The molecule has 0 unspecified atom stereocenters. The molecule has 4 N–H and O–H groups in total. The molecule has 38 heavy (non-hydrogen) atoms. The molecule has 4 rings (SSSR count). The summed E-state index contributed by atoms with van der Waals surface area (Å²) in [5.41, 5.74) is 0. The SMILES string of the molecule is C[C@@H](CN1CC(=O)NC(=O)C1)N1CC(=O)NC(=O)C1.C[C@@H](CN1CC(=O)NC(=O)C1)N1CC(=O)NC(=O)C1. The first-order valence-corrected chi connectivity index (χ1v) is 12.1. The van der Waals surface area contributed by atoms with Crippen LogP contribution in [0.1, 0.15) is 13.8 Å². The molecule has 0 aromatic carbocycles. The molecule has 16 heteroatoms. The molecule has 0 aromatic heterocycles. The third-order valence-electron chi connectivity index (χ3n) is 6.26. The lowest BCUT2D eigenvalue weighted by Gasteiger charge is -2.35. The van der Waals surface area contributed by atoms with Crippen molar-refractivity contribution in [2.24, 2.45) is 0 Å². The molecule has 0 spiro atoms. The highest BCUT2D eigenvalue weighted by Gasteiger charge is 2.31. The molecule has 0 aliphatic carbocycles. The van der Waals surface area contributed by atoms with E-state index in [1.54, 1.807) is 19.6 Å². The third-order valence-corrected chi connectivity index (χ3v) is 6.26. The molecule has 4 fully saturated rings. The molecular weight excluding hydrogens is 504 g/mol. The van der Waals surface area contributed by atoms with Gasteiger partial charge in [-0.1, -0.05) is 0 Å². The predicted octanol–water partition coefficient (Wildman–Crippen LogP) is -5.42. The van der Waals surface area contributed by atoms with Crippen molar-refractivity contribution >= 4 is 47.3 Å². The highest BCUT2D eigenvalue weighted by molar-refractivity contribution is 6.01. The maximum atomic E-state index is 11.3. The number of amides is 8. The molecule has 0 bridgehead atoms. The van der Waals surface area contributed by atoms with Crippen LogP contribution >= 0.6 is 0 Å². The van der Waals surface area contributed by atoms with E-state index in [1.165, 1.54) is 0 Å². The molecular formula is C22H32N8O8. The maximum absolute atomic E-state index is 11.3. The van der Waals surface area contributed by atoms with Gasteiger partial charge in [0.2, 0.25) is 47.3 Å². The predicted molar refractivity (Wildman–Crippen MR) is 128 cm³/mol. The lowest BCUT2D eigenvalue weighted by atomic mass is 10.2. The lowest BCUT2D eigenvalue weighted by Crippen LogP contribution is -2.58. The molecule has 16 nitrogen and oxygen atoms in total. The number of rotatable bonds is 6. The van der Waals surface area contributed by atoms with E-state index in [0.717, 1.165) is 0 Å². The number of hydrogen-bond donors (Lipinski definition) is 4. The van der Waals surface area contributed by atoms with Crippen molar-refractivity contribution in [1.82, 2.24) is 40.9 Å². The molecule has 2 atom stereocenters. The highest BCUT2D eigenvalue weighted by Crippen LogP contribution is 2.07. The normalized spacial score (nSPS) is 24.1. The van der Waals surface area contributed by atoms with Gasteiger partial charge in [0.15, 0.2) is 0 Å². The fourth-order valence-corrected chi connectivity index (χ4v) is 4.57. The fourth-order valence-electron chi connectivity index (χ4n) is 4.57. The van der Waals surface area contributed by atoms with E-state index in [0.29, 0.717) is 13.1 Å². The van der Waals surface area contributed by atoms with Crippen LogP contribution in [0.2, 0.25) is 0 Å². The van der Waals surface area contributed by atoms with Gasteiger partial charge in [-0.25, -0.2) is 0 Å². The number of carbonyl (C=O) groups excluding carboxylic acids is 8. The van der Waals surface area contributed by atoms with Gasteiger partial charge in [0, 0.05) is 25.2 Å². The first kappa shape index (κ1) is 29.0. The average Bonchev–Trinajstić information content (AvgIpc) is 2.77. The van der Waals surface area contributed by atoms with Crippen LogP contribution in [0.15, 0.2) is 0 Å². The van der Waals surface area contributed by atoms with Crippen LogP contribution in [0.25, 0.3) is 0 Å². The van der Waals surface area contributed by atoms with Crippen LogP contribution in [-0.2, 0) is 38.4 Å². The molecule has 0 aromatic rings. The quantitative estimate of drug-likeness (QED) is 0.235. The minimum Gasteiger partial charge on any atom is -0.294 e. The van der Waals surface area contributed by atoms with Gasteiger partial charge in [-0.3, -0.25) is 79.2 Å². The summed E-state index contributed by atoms with van der Waals surface area (Å²) in [5, 5.41) is 8.91. The van der Waals surface area contributed by atoms with E-state index in [1.807, 2.05) is 13.8 Å². The third kappa shape index (κ3) is 8.76. The van der Waals surface area contributed by atoms with Crippen molar-refractivity contribution in [1.29, 1.82) is 0 Å². The Balaban J connectivity index is 0.000000211. The minimum atomic E-state index is -0.324. The van der Waals surface area contributed by atoms with Gasteiger partial charge in [-0.05, 0) is 13.8 Å². The number of nitrogens with zero attached hydrogens (tertiary/aromatic N) is 4. The number of carbonyl (C=O) groups is 8. The summed E-state index contributed by atoms with van der Waals surface area (Å²) in [5.74, 6) is -2.59. The molecule has 208 valence electrons. The van der Waals surface area contributed by atoms with Crippen molar-refractivity contribution in [3.8, 4) is 0 Å². The second kappa shape index (κ2) is 12.8. The van der Waals surface area contributed by atoms with Gasteiger partial charge in [-0.2, -0.15) is 0 Å². The van der Waals surface area contributed by atoms with Crippen molar-refractivity contribution in [3.05, 3.63) is 0 Å². The van der Waals surface area contributed by atoms with E-state index in [2.05, 4.69) is 21.3 Å². The summed E-state index contributed by atoms with van der Waals surface area (Å²) in [6.07, 6.45) is 0. The Kier molecular flexibility index (Phi) is 9.73. The fraction of sp³-hybridized carbons (Fsp3) is 0.636. The van der Waals surface area contributed by atoms with Crippen molar-refractivity contribution < 1.29 is 38.4 Å². The van der Waals surface area contributed by atoms with Gasteiger partial charge in [0.1, 0.15) is 0 Å². The summed E-state index contributed by atoms with van der Waals surface area (Å²) in [6, 6.07) is -0.178. The van der Waals surface area contributed by atoms with Gasteiger partial charge in [0.05, 0.1) is 52.4 Å². The molecule has 4 heterocycles. The van der Waals surface area contributed by atoms with Crippen LogP contribution < -0.4 is 21.3 Å². The van der Waals surface area contributed by atoms with E-state index in [4.69, 9.17) is 0 Å². The number of imide groups is 4. The minimum absolute atomic E-state index is 0.0892. The number of hydrogen-bond acceptors (Lipinski definition) is 12. The average molecular weight is 537 g/mol. The van der Waals surface area contributed by atoms with E-state index >= 15 is 0 Å². The Hall–Kier alpha value is -3.60. The van der Waals surface area contributed by atoms with Crippen LogP contribution in [0.3, 0.4) is 0 Å². The van der Waals surface area contributed by atoms with Crippen LogP contribution in [-0.4, -0.2) is 144 Å². The van der Waals surface area contributed by atoms with Crippen LogP contribution in [0.5, 0.6) is 0 Å². The molecule has 4 saturated heterocycles. The lowest BCUT2D eigenvalue weighted by molar-refractivity contribution is -0.140. The standard InChI is InChI=1S/2C11H16N4O4/c2*1-7(15-5-10(18)13-11(19)6-15)2-14-3-8(16)12-9(17)4-14/h2*7H,2-6H2,1H3,(H,12,16,17)(H,13,18,19)/t2*7-/m00/s1. The van der Waals surface area contributed by atoms with Gasteiger partial charge in [-0.15, -0.1) is 0 Å². The maximum Gasteiger partial charge on any atom is 0.240 e.